The third-order valence-corrected chi connectivity index (χ3v) is 5.07. The first-order chi connectivity index (χ1) is 12.8. The Morgan fingerprint density at radius 2 is 1.75 bits per heavy atom. The molecule has 28 heavy (non-hydrogen) atoms. The molecular weight excluding hydrogens is 472 g/mol. The fraction of sp³-hybridized carbons (Fsp3) is 1.00. The fourth-order valence-electron chi connectivity index (χ4n) is 1.69. The smallest absolute Gasteiger partial charge is 0.645 e. The van der Waals surface area contributed by atoms with E-state index in [2.05, 4.69) is 30.7 Å². The van der Waals surface area contributed by atoms with Gasteiger partial charge in [0.1, 0.15) is 5.75 Å². The van der Waals surface area contributed by atoms with Gasteiger partial charge in [0.15, 0.2) is 12.5 Å². The first kappa shape index (κ1) is 23.8. The molecule has 0 aromatic carbocycles. The number of halogens is 3. The summed E-state index contributed by atoms with van der Waals surface area (Å²) < 4.78 is 134. The van der Waals surface area contributed by atoms with Gasteiger partial charge in [0, 0.05) is 0 Å². The normalized spacial score (nSPS) is 34.8. The lowest BCUT2D eigenvalue weighted by Gasteiger charge is -2.25. The highest BCUT2D eigenvalue weighted by Crippen LogP contribution is 2.27. The molecule has 2 fully saturated rings. The summed E-state index contributed by atoms with van der Waals surface area (Å²) in [4.78, 5) is 0. The summed E-state index contributed by atoms with van der Waals surface area (Å²) in [5.74, 6) is -1.19. The molecule has 21 heteroatoms. The van der Waals surface area contributed by atoms with E-state index in [9.17, 15) is 38.8 Å². The monoisotopic (exact) mass is 481 g/mol. The van der Waals surface area contributed by atoms with Gasteiger partial charge >= 0.3 is 17.7 Å². The Labute approximate surface area is 157 Å². The summed E-state index contributed by atoms with van der Waals surface area (Å²) in [5.41, 5.74) is 0. The van der Waals surface area contributed by atoms with Crippen LogP contribution in [0.3, 0.4) is 0 Å². The number of hydrogen-bond acceptors (Lipinski definition) is 14. The van der Waals surface area contributed by atoms with Crippen LogP contribution in [0.2, 0.25) is 0 Å². The Bertz CT molecular complexity index is 727. The van der Waals surface area contributed by atoms with E-state index in [1.807, 2.05) is 0 Å². The van der Waals surface area contributed by atoms with Crippen LogP contribution in [-0.2, 0) is 62.6 Å². The maximum atomic E-state index is 13.6. The molecule has 0 aliphatic carbocycles. The molecule has 164 valence electrons. The lowest BCUT2D eigenvalue weighted by molar-refractivity contribution is -0.186. The molecule has 1 N–H and O–H groups in total. The fourth-order valence-corrected chi connectivity index (χ4v) is 3.78. The van der Waals surface area contributed by atoms with E-state index >= 15 is 0 Å². The molecule has 2 saturated heterocycles. The van der Waals surface area contributed by atoms with Crippen molar-refractivity contribution >= 4 is 39.2 Å². The van der Waals surface area contributed by atoms with Gasteiger partial charge in [-0.1, -0.05) is 0 Å². The molecule has 0 aromatic heterocycles. The van der Waals surface area contributed by atoms with Crippen LogP contribution in [0.4, 0.5) is 13.2 Å². The van der Waals surface area contributed by atoms with Gasteiger partial charge < -0.3 is 23.6 Å². The standard InChI is InChI=1S/C7H10BF3O14S3/c9-2-1-27(15,16)24-5(2)19-8(20-6(3(10)12)22-26(13)14)21-7-4(11)23-28(17,18)25-7/h2-7,12H,1H2,(H,13,14)/p-1. The summed E-state index contributed by atoms with van der Waals surface area (Å²) in [7, 11) is -12.0. The minimum atomic E-state index is -4.88. The Morgan fingerprint density at radius 1 is 1.14 bits per heavy atom. The van der Waals surface area contributed by atoms with Gasteiger partial charge in [-0.2, -0.15) is 16.8 Å². The van der Waals surface area contributed by atoms with Crippen LogP contribution in [0.25, 0.3) is 0 Å². The second-order valence-electron chi connectivity index (χ2n) is 4.76. The summed E-state index contributed by atoms with van der Waals surface area (Å²) >= 11 is -3.49. The van der Waals surface area contributed by atoms with Crippen molar-refractivity contribution in [1.29, 1.82) is 0 Å². The van der Waals surface area contributed by atoms with Crippen LogP contribution in [0.5, 0.6) is 0 Å². The van der Waals surface area contributed by atoms with E-state index in [0.717, 1.165) is 0 Å². The van der Waals surface area contributed by atoms with Gasteiger partial charge in [0.2, 0.25) is 18.9 Å². The van der Waals surface area contributed by atoms with Crippen molar-refractivity contribution in [3.05, 3.63) is 0 Å². The maximum Gasteiger partial charge on any atom is 0.645 e. The molecule has 7 unspecified atom stereocenters. The van der Waals surface area contributed by atoms with Crippen LogP contribution in [0.15, 0.2) is 0 Å². The third-order valence-electron chi connectivity index (χ3n) is 2.67. The Hall–Kier alpha value is -0.455. The van der Waals surface area contributed by atoms with Crippen molar-refractivity contribution in [2.45, 2.75) is 37.8 Å². The molecule has 0 aromatic rings. The number of hydrogen-bond donors (Lipinski definition) is 1. The average molecular weight is 481 g/mol. The molecule has 0 saturated carbocycles. The van der Waals surface area contributed by atoms with Gasteiger partial charge in [-0.05, 0) is 0 Å². The summed E-state index contributed by atoms with van der Waals surface area (Å²) in [6.45, 7) is 0. The maximum absolute atomic E-state index is 13.6. The van der Waals surface area contributed by atoms with Crippen molar-refractivity contribution in [2.24, 2.45) is 0 Å². The van der Waals surface area contributed by atoms with E-state index in [1.165, 1.54) is 0 Å². The summed E-state index contributed by atoms with van der Waals surface area (Å²) in [6, 6.07) is 0. The van der Waals surface area contributed by atoms with Crippen LogP contribution in [0.1, 0.15) is 0 Å². The van der Waals surface area contributed by atoms with Gasteiger partial charge in [-0.15, -0.1) is 0 Å². The molecule has 2 aliphatic rings. The number of rotatable bonds is 9. The first-order valence-corrected chi connectivity index (χ1v) is 10.5. The van der Waals surface area contributed by atoms with Gasteiger partial charge in [-0.3, -0.25) is 4.18 Å². The van der Waals surface area contributed by atoms with Crippen molar-refractivity contribution < 1.29 is 74.6 Å². The molecule has 7 atom stereocenters. The number of aliphatic hydroxyl groups is 1. The van der Waals surface area contributed by atoms with E-state index in [1.54, 1.807) is 0 Å². The zero-order chi connectivity index (χ0) is 21.3. The molecule has 0 amide bonds. The topological polar surface area (TPSA) is 193 Å². The van der Waals surface area contributed by atoms with E-state index in [-0.39, 0.29) is 0 Å². The molecule has 2 aliphatic heterocycles. The predicted molar refractivity (Wildman–Crippen MR) is 73.2 cm³/mol. The zero-order valence-corrected chi connectivity index (χ0v) is 15.3. The zero-order valence-electron chi connectivity index (χ0n) is 12.9. The minimum Gasteiger partial charge on any atom is -0.750 e. The number of aliphatic hydroxyl groups excluding tert-OH is 1. The highest BCUT2D eigenvalue weighted by molar-refractivity contribution is 7.87. The van der Waals surface area contributed by atoms with Gasteiger partial charge in [0.25, 0.3) is 16.5 Å². The SMILES string of the molecule is O=S([O-])OC(OB(OC1OS(=O)(=O)CC1F)OC1OS(=O)(=O)OC1F)C(O)F. The molecule has 14 nitrogen and oxygen atoms in total. The van der Waals surface area contributed by atoms with E-state index in [4.69, 9.17) is 5.11 Å². The number of alkyl halides is 3. The minimum absolute atomic E-state index is 1.19. The second kappa shape index (κ2) is 9.14. The molecule has 2 heterocycles. The molecule has 0 bridgehead atoms. The van der Waals surface area contributed by atoms with Crippen molar-refractivity contribution in [1.82, 2.24) is 0 Å². The van der Waals surface area contributed by atoms with Gasteiger partial charge in [0.05, 0.1) is 11.4 Å². The van der Waals surface area contributed by atoms with Crippen LogP contribution < -0.4 is 0 Å². The Balaban J connectivity index is 2.16. The predicted octanol–water partition coefficient (Wildman–Crippen LogP) is -2.62. The van der Waals surface area contributed by atoms with Crippen molar-refractivity contribution in [2.75, 3.05) is 5.75 Å². The van der Waals surface area contributed by atoms with Crippen molar-refractivity contribution in [3.8, 4) is 0 Å². The molecule has 0 radical (unpaired) electrons. The summed E-state index contributed by atoms with van der Waals surface area (Å²) in [6.07, 6.45) is -16.0. The van der Waals surface area contributed by atoms with E-state index < -0.39 is 82.7 Å². The highest BCUT2D eigenvalue weighted by Gasteiger charge is 2.49. The lowest BCUT2D eigenvalue weighted by atomic mass is 10.2. The quantitative estimate of drug-likeness (QED) is 0.156. The third kappa shape index (κ3) is 6.81. The second-order valence-corrected chi connectivity index (χ2v) is 8.21. The highest BCUT2D eigenvalue weighted by atomic mass is 32.3. The average Bonchev–Trinajstić information content (AvgIpc) is 2.90. The molecular formula is C7H9BF3O14S3-. The van der Waals surface area contributed by atoms with Gasteiger partial charge in [-0.25, -0.2) is 29.9 Å². The largest absolute Gasteiger partial charge is 0.750 e. The van der Waals surface area contributed by atoms with Crippen LogP contribution in [-0.4, -0.2) is 81.5 Å². The molecule has 2 rings (SSSR count). The summed E-state index contributed by atoms with van der Waals surface area (Å²) in [5, 5.41) is 8.77. The van der Waals surface area contributed by atoms with Crippen LogP contribution in [0, 0.1) is 0 Å². The van der Waals surface area contributed by atoms with Crippen LogP contribution >= 0.6 is 0 Å². The Morgan fingerprint density at radius 3 is 2.18 bits per heavy atom. The van der Waals surface area contributed by atoms with E-state index in [0.29, 0.717) is 0 Å². The lowest BCUT2D eigenvalue weighted by Crippen LogP contribution is -2.45. The first-order valence-electron chi connectivity index (χ1n) is 6.63. The Kier molecular flexibility index (Phi) is 7.77. The molecule has 0 spiro atoms. The van der Waals surface area contributed by atoms with Crippen molar-refractivity contribution in [3.63, 3.8) is 0 Å².